The topological polar surface area (TPSA) is 66.1 Å². The molecule has 0 aliphatic rings. The van der Waals surface area contributed by atoms with Crippen LogP contribution < -0.4 is 5.56 Å². The third-order valence-corrected chi connectivity index (χ3v) is 3.96. The molecule has 5 nitrogen and oxygen atoms in total. The fourth-order valence-corrected chi connectivity index (χ4v) is 2.62. The van der Waals surface area contributed by atoms with Crippen molar-refractivity contribution in [1.29, 1.82) is 0 Å². The maximum absolute atomic E-state index is 13.2. The molecule has 0 spiro atoms. The van der Waals surface area contributed by atoms with Crippen LogP contribution in [0.5, 0.6) is 0 Å². The first-order valence-electron chi connectivity index (χ1n) is 8.27. The van der Waals surface area contributed by atoms with Crippen LogP contribution in [0.15, 0.2) is 59.4 Å². The number of nitrogens with zero attached hydrogens (tertiary/aromatic N) is 2. The van der Waals surface area contributed by atoms with Gasteiger partial charge in [0.15, 0.2) is 0 Å². The zero-order chi connectivity index (χ0) is 18.5. The van der Waals surface area contributed by atoms with Crippen LogP contribution in [0.4, 0.5) is 4.39 Å². The predicted octanol–water partition coefficient (Wildman–Crippen LogP) is 3.12. The van der Waals surface area contributed by atoms with E-state index in [1.54, 1.807) is 41.3 Å². The third-order valence-electron chi connectivity index (χ3n) is 3.96. The summed E-state index contributed by atoms with van der Waals surface area (Å²) in [5.74, 6) is -0.180. The lowest BCUT2D eigenvalue weighted by Crippen LogP contribution is -2.30. The molecule has 1 N–H and O–H groups in total. The van der Waals surface area contributed by atoms with Crippen LogP contribution in [-0.4, -0.2) is 27.3 Å². The van der Waals surface area contributed by atoms with Crippen molar-refractivity contribution in [2.75, 3.05) is 6.54 Å². The number of fused-ring (bicyclic) bond motifs is 1. The SMILES string of the molecule is CCN(Cc1nc2ccccc2c(=O)[nH]1)C(=O)C=Cc1cccc(F)c1. The molecule has 132 valence electrons. The predicted molar refractivity (Wildman–Crippen MR) is 98.9 cm³/mol. The summed E-state index contributed by atoms with van der Waals surface area (Å²) in [6, 6.07) is 13.0. The first-order chi connectivity index (χ1) is 12.6. The molecule has 26 heavy (non-hydrogen) atoms. The van der Waals surface area contributed by atoms with E-state index in [4.69, 9.17) is 0 Å². The molecular weight excluding hydrogens is 333 g/mol. The van der Waals surface area contributed by atoms with Gasteiger partial charge in [-0.2, -0.15) is 0 Å². The number of nitrogens with one attached hydrogen (secondary N) is 1. The number of rotatable bonds is 5. The molecule has 0 saturated heterocycles. The number of amides is 1. The number of H-pyrrole nitrogens is 1. The van der Waals surface area contributed by atoms with Gasteiger partial charge in [0, 0.05) is 12.6 Å². The minimum Gasteiger partial charge on any atom is -0.332 e. The van der Waals surface area contributed by atoms with E-state index in [9.17, 15) is 14.0 Å². The van der Waals surface area contributed by atoms with Crippen molar-refractivity contribution in [3.05, 3.63) is 82.2 Å². The van der Waals surface area contributed by atoms with Crippen LogP contribution in [0.2, 0.25) is 0 Å². The van der Waals surface area contributed by atoms with Crippen molar-refractivity contribution in [3.8, 4) is 0 Å². The van der Waals surface area contributed by atoms with E-state index < -0.39 is 0 Å². The Bertz CT molecular complexity index is 1030. The summed E-state index contributed by atoms with van der Waals surface area (Å²) in [5, 5.41) is 0.511. The van der Waals surface area contributed by atoms with E-state index >= 15 is 0 Å². The number of hydrogen-bond donors (Lipinski definition) is 1. The highest BCUT2D eigenvalue weighted by molar-refractivity contribution is 5.91. The molecule has 2 aromatic carbocycles. The smallest absolute Gasteiger partial charge is 0.258 e. The summed E-state index contributed by atoms with van der Waals surface area (Å²) < 4.78 is 13.2. The van der Waals surface area contributed by atoms with Crippen molar-refractivity contribution in [1.82, 2.24) is 14.9 Å². The van der Waals surface area contributed by atoms with E-state index in [2.05, 4.69) is 9.97 Å². The highest BCUT2D eigenvalue weighted by Crippen LogP contribution is 2.09. The van der Waals surface area contributed by atoms with Crippen LogP contribution in [0.25, 0.3) is 17.0 Å². The number of aromatic nitrogens is 2. The highest BCUT2D eigenvalue weighted by atomic mass is 19.1. The monoisotopic (exact) mass is 351 g/mol. The highest BCUT2D eigenvalue weighted by Gasteiger charge is 2.12. The number of halogens is 1. The second-order valence-electron chi connectivity index (χ2n) is 5.77. The van der Waals surface area contributed by atoms with Gasteiger partial charge in [-0.3, -0.25) is 9.59 Å². The van der Waals surface area contributed by atoms with E-state index in [1.807, 2.05) is 13.0 Å². The van der Waals surface area contributed by atoms with Crippen molar-refractivity contribution in [2.45, 2.75) is 13.5 Å². The van der Waals surface area contributed by atoms with Gasteiger partial charge < -0.3 is 9.88 Å². The van der Waals surface area contributed by atoms with Gasteiger partial charge in [0.2, 0.25) is 5.91 Å². The average Bonchev–Trinajstić information content (AvgIpc) is 2.64. The summed E-state index contributed by atoms with van der Waals surface area (Å²) in [5.41, 5.74) is 0.959. The summed E-state index contributed by atoms with van der Waals surface area (Å²) in [7, 11) is 0. The molecule has 0 aliphatic carbocycles. The lowest BCUT2D eigenvalue weighted by Gasteiger charge is -2.18. The molecular formula is C20H18FN3O2. The van der Waals surface area contributed by atoms with Crippen molar-refractivity contribution in [3.63, 3.8) is 0 Å². The van der Waals surface area contributed by atoms with Crippen molar-refractivity contribution >= 4 is 22.9 Å². The summed E-state index contributed by atoms with van der Waals surface area (Å²) in [6.45, 7) is 2.47. The lowest BCUT2D eigenvalue weighted by molar-refractivity contribution is -0.126. The largest absolute Gasteiger partial charge is 0.332 e. The molecule has 0 saturated carbocycles. The normalized spacial score (nSPS) is 11.2. The minimum absolute atomic E-state index is 0.183. The summed E-state index contributed by atoms with van der Waals surface area (Å²) in [4.78, 5) is 33.2. The minimum atomic E-state index is -0.357. The van der Waals surface area contributed by atoms with Crippen molar-refractivity contribution < 1.29 is 9.18 Å². The molecule has 0 bridgehead atoms. The van der Waals surface area contributed by atoms with Crippen molar-refractivity contribution in [2.24, 2.45) is 0 Å². The maximum atomic E-state index is 13.2. The second-order valence-corrected chi connectivity index (χ2v) is 5.77. The van der Waals surface area contributed by atoms with Gasteiger partial charge in [-0.05, 0) is 42.8 Å². The zero-order valence-electron chi connectivity index (χ0n) is 14.3. The molecule has 0 atom stereocenters. The quantitative estimate of drug-likeness (QED) is 0.718. The Balaban J connectivity index is 1.78. The standard InChI is InChI=1S/C20H18FN3O2/c1-2-24(19(25)11-10-14-6-5-7-15(21)12-14)13-18-22-17-9-4-3-8-16(17)20(26)23-18/h3-12H,2,13H2,1H3,(H,22,23,26). The first kappa shape index (κ1) is 17.5. The number of carbonyl (C=O) groups is 1. The van der Waals surface area contributed by atoms with E-state index in [1.165, 1.54) is 18.2 Å². The van der Waals surface area contributed by atoms with Gasteiger partial charge in [0.25, 0.3) is 5.56 Å². The number of carbonyl (C=O) groups excluding carboxylic acids is 1. The van der Waals surface area contributed by atoms with Crippen LogP contribution >= 0.6 is 0 Å². The lowest BCUT2D eigenvalue weighted by atomic mass is 10.2. The molecule has 3 aromatic rings. The zero-order valence-corrected chi connectivity index (χ0v) is 14.3. The molecule has 0 unspecified atom stereocenters. The van der Waals surface area contributed by atoms with E-state index in [0.29, 0.717) is 28.8 Å². The Morgan fingerprint density at radius 1 is 1.23 bits per heavy atom. The van der Waals surface area contributed by atoms with E-state index in [-0.39, 0.29) is 23.8 Å². The number of benzene rings is 2. The molecule has 0 fully saturated rings. The summed E-state index contributed by atoms with van der Waals surface area (Å²) >= 11 is 0. The molecule has 1 heterocycles. The Morgan fingerprint density at radius 3 is 2.81 bits per heavy atom. The Kier molecular flexibility index (Phi) is 5.22. The van der Waals surface area contributed by atoms with Crippen LogP contribution in [0.1, 0.15) is 18.3 Å². The molecule has 3 rings (SSSR count). The second kappa shape index (κ2) is 7.74. The fourth-order valence-electron chi connectivity index (χ4n) is 2.62. The number of likely N-dealkylation sites (N-methyl/N-ethyl adjacent to an activating group) is 1. The van der Waals surface area contributed by atoms with Gasteiger partial charge in [0.1, 0.15) is 11.6 Å². The summed E-state index contributed by atoms with van der Waals surface area (Å²) in [6.07, 6.45) is 2.95. The van der Waals surface area contributed by atoms with Crippen LogP contribution in [0, 0.1) is 5.82 Å². The van der Waals surface area contributed by atoms with E-state index in [0.717, 1.165) is 0 Å². The van der Waals surface area contributed by atoms with Gasteiger partial charge in [-0.1, -0.05) is 24.3 Å². The maximum Gasteiger partial charge on any atom is 0.258 e. The Labute approximate surface area is 149 Å². The van der Waals surface area contributed by atoms with Crippen LogP contribution in [-0.2, 0) is 11.3 Å². The number of aromatic amines is 1. The first-order valence-corrected chi connectivity index (χ1v) is 8.27. The fraction of sp³-hybridized carbons (Fsp3) is 0.150. The molecule has 0 radical (unpaired) electrons. The Hall–Kier alpha value is -3.28. The molecule has 0 aliphatic heterocycles. The number of para-hydroxylation sites is 1. The van der Waals surface area contributed by atoms with Crippen LogP contribution in [0.3, 0.4) is 0 Å². The molecule has 1 aromatic heterocycles. The Morgan fingerprint density at radius 2 is 2.04 bits per heavy atom. The third kappa shape index (κ3) is 4.03. The van der Waals surface area contributed by atoms with Gasteiger partial charge in [-0.15, -0.1) is 0 Å². The average molecular weight is 351 g/mol. The van der Waals surface area contributed by atoms with Gasteiger partial charge in [-0.25, -0.2) is 9.37 Å². The van der Waals surface area contributed by atoms with Gasteiger partial charge in [0.05, 0.1) is 17.4 Å². The van der Waals surface area contributed by atoms with Gasteiger partial charge >= 0.3 is 0 Å². The molecule has 6 heteroatoms. The number of hydrogen-bond acceptors (Lipinski definition) is 3. The molecule has 1 amide bonds.